The predicted molar refractivity (Wildman–Crippen MR) is 107 cm³/mol. The van der Waals surface area contributed by atoms with E-state index in [0.717, 1.165) is 0 Å². The zero-order chi connectivity index (χ0) is 20.7. The molecular formula is C20H22ClFN4O2. The molecule has 3 rings (SSSR count). The highest BCUT2D eigenvalue weighted by molar-refractivity contribution is 6.29. The molecular weight excluding hydrogens is 383 g/mol. The molecule has 0 radical (unpaired) electrons. The van der Waals surface area contributed by atoms with Gasteiger partial charge in [-0.2, -0.15) is 0 Å². The van der Waals surface area contributed by atoms with Gasteiger partial charge in [-0.25, -0.2) is 14.4 Å². The lowest BCUT2D eigenvalue weighted by molar-refractivity contribution is -0.120. The maximum Gasteiger partial charge on any atom is 0.229 e. The number of halogens is 2. The smallest absolute Gasteiger partial charge is 0.229 e. The number of hydrogen-bond acceptors (Lipinski definition) is 4. The van der Waals surface area contributed by atoms with E-state index in [1.165, 1.54) is 25.1 Å². The number of rotatable bonds is 4. The van der Waals surface area contributed by atoms with Gasteiger partial charge < -0.3 is 5.11 Å². The van der Waals surface area contributed by atoms with Crippen molar-refractivity contribution in [3.05, 3.63) is 52.9 Å². The predicted octanol–water partition coefficient (Wildman–Crippen LogP) is 4.22. The molecule has 0 saturated heterocycles. The van der Waals surface area contributed by atoms with Crippen molar-refractivity contribution in [1.29, 1.82) is 0 Å². The molecule has 6 nitrogen and oxygen atoms in total. The molecule has 2 heterocycles. The van der Waals surface area contributed by atoms with Gasteiger partial charge in [-0.1, -0.05) is 29.8 Å². The first kappa shape index (κ1) is 20.2. The van der Waals surface area contributed by atoms with Crippen molar-refractivity contribution in [2.45, 2.75) is 45.3 Å². The molecule has 1 atom stereocenters. The third kappa shape index (κ3) is 4.00. The van der Waals surface area contributed by atoms with Crippen molar-refractivity contribution in [2.24, 2.45) is 0 Å². The number of aliphatic hydroxyl groups is 1. The Hall–Kier alpha value is -2.51. The van der Waals surface area contributed by atoms with Crippen LogP contribution in [0.3, 0.4) is 0 Å². The summed E-state index contributed by atoms with van der Waals surface area (Å²) in [5.41, 5.74) is -0.937. The molecule has 0 aliphatic rings. The second kappa shape index (κ2) is 7.14. The molecule has 1 aromatic carbocycles. The number of carbonyl (C=O) groups excluding carboxylic acids is 1. The summed E-state index contributed by atoms with van der Waals surface area (Å²) in [4.78, 5) is 21.4. The Labute approximate surface area is 167 Å². The lowest BCUT2D eigenvalue weighted by Crippen LogP contribution is -2.31. The van der Waals surface area contributed by atoms with Crippen LogP contribution in [0, 0.1) is 5.82 Å². The summed E-state index contributed by atoms with van der Waals surface area (Å²) in [6, 6.07) is 9.18. The zero-order valence-electron chi connectivity index (χ0n) is 16.1. The van der Waals surface area contributed by atoms with Crippen molar-refractivity contribution in [3.8, 4) is 0 Å². The van der Waals surface area contributed by atoms with E-state index in [-0.39, 0.29) is 17.9 Å². The maximum absolute atomic E-state index is 14.0. The number of pyridine rings is 1. The van der Waals surface area contributed by atoms with Gasteiger partial charge in [0.15, 0.2) is 5.65 Å². The number of amides is 1. The molecule has 0 fully saturated rings. The van der Waals surface area contributed by atoms with Crippen molar-refractivity contribution < 1.29 is 14.3 Å². The number of nitrogens with one attached hydrogen (secondary N) is 1. The Morgan fingerprint density at radius 3 is 2.50 bits per heavy atom. The molecule has 0 bridgehead atoms. The minimum atomic E-state index is -1.67. The highest BCUT2D eigenvalue weighted by Gasteiger charge is 2.31. The summed E-state index contributed by atoms with van der Waals surface area (Å²) in [5, 5.41) is 13.7. The third-order valence-corrected chi connectivity index (χ3v) is 4.56. The highest BCUT2D eigenvalue weighted by Crippen LogP contribution is 2.30. The first-order chi connectivity index (χ1) is 13.0. The maximum atomic E-state index is 14.0. The number of anilines is 1. The lowest BCUT2D eigenvalue weighted by Gasteiger charge is -2.26. The Morgan fingerprint density at radius 1 is 1.18 bits per heavy atom. The Balaban J connectivity index is 1.92. The van der Waals surface area contributed by atoms with Gasteiger partial charge in [-0.05, 0) is 45.9 Å². The van der Waals surface area contributed by atoms with E-state index < -0.39 is 22.9 Å². The molecule has 0 aliphatic carbocycles. The van der Waals surface area contributed by atoms with Gasteiger partial charge in [0.1, 0.15) is 16.5 Å². The van der Waals surface area contributed by atoms with Crippen molar-refractivity contribution >= 4 is 34.6 Å². The van der Waals surface area contributed by atoms with E-state index in [9.17, 15) is 14.3 Å². The van der Waals surface area contributed by atoms with Crippen LogP contribution in [0.25, 0.3) is 11.2 Å². The van der Waals surface area contributed by atoms with Crippen LogP contribution < -0.4 is 5.32 Å². The molecule has 0 unspecified atom stereocenters. The Morgan fingerprint density at radius 2 is 1.86 bits per heavy atom. The summed E-state index contributed by atoms with van der Waals surface area (Å²) in [5.74, 6) is -0.784. The topological polar surface area (TPSA) is 80.0 Å². The summed E-state index contributed by atoms with van der Waals surface area (Å²) in [6.45, 7) is 7.24. The van der Waals surface area contributed by atoms with E-state index in [2.05, 4.69) is 15.3 Å². The number of nitrogens with zero attached hydrogens (tertiary/aromatic N) is 3. The van der Waals surface area contributed by atoms with Crippen LogP contribution >= 0.6 is 11.6 Å². The number of aromatic nitrogens is 3. The van der Waals surface area contributed by atoms with Gasteiger partial charge in [0.05, 0.1) is 12.0 Å². The molecule has 148 valence electrons. The molecule has 0 aliphatic heterocycles. The average Bonchev–Trinajstić information content (AvgIpc) is 2.91. The third-order valence-electron chi connectivity index (χ3n) is 4.35. The second-order valence-corrected chi connectivity index (χ2v) is 8.28. The average molecular weight is 405 g/mol. The molecule has 0 spiro atoms. The zero-order valence-corrected chi connectivity index (χ0v) is 16.9. The minimum absolute atomic E-state index is 0.0583. The van der Waals surface area contributed by atoms with Gasteiger partial charge >= 0.3 is 0 Å². The number of fused-ring (bicyclic) bond motifs is 1. The van der Waals surface area contributed by atoms with Crippen molar-refractivity contribution in [1.82, 2.24) is 14.5 Å². The fourth-order valence-corrected chi connectivity index (χ4v) is 3.27. The van der Waals surface area contributed by atoms with E-state index >= 15 is 0 Å². The van der Waals surface area contributed by atoms with Crippen LogP contribution in [0.5, 0.6) is 0 Å². The quantitative estimate of drug-likeness (QED) is 0.638. The van der Waals surface area contributed by atoms with E-state index in [4.69, 9.17) is 11.6 Å². The van der Waals surface area contributed by atoms with Gasteiger partial charge in [-0.15, -0.1) is 0 Å². The number of hydrogen-bond donors (Lipinski definition) is 2. The SMILES string of the molecule is CC(C)(C)n1c(NC(=O)C[C@](C)(O)c2ccccc2F)nc2ccc(Cl)nc21. The molecule has 3 aromatic rings. The normalized spacial score (nSPS) is 14.1. The van der Waals surface area contributed by atoms with E-state index in [1.54, 1.807) is 22.8 Å². The van der Waals surface area contributed by atoms with Crippen LogP contribution in [0.1, 0.15) is 39.7 Å². The Kier molecular flexibility index (Phi) is 5.16. The summed E-state index contributed by atoms with van der Waals surface area (Å²) < 4.78 is 15.8. The molecule has 2 aromatic heterocycles. The molecule has 0 saturated carbocycles. The van der Waals surface area contributed by atoms with Crippen LogP contribution in [0.2, 0.25) is 5.15 Å². The fraction of sp³-hybridized carbons (Fsp3) is 0.350. The lowest BCUT2D eigenvalue weighted by atomic mass is 9.92. The van der Waals surface area contributed by atoms with Gasteiger partial charge in [0.2, 0.25) is 11.9 Å². The summed E-state index contributed by atoms with van der Waals surface area (Å²) in [7, 11) is 0. The molecule has 8 heteroatoms. The number of benzene rings is 1. The number of carbonyl (C=O) groups is 1. The largest absolute Gasteiger partial charge is 0.385 e. The van der Waals surface area contributed by atoms with Crippen molar-refractivity contribution in [3.63, 3.8) is 0 Å². The van der Waals surface area contributed by atoms with Crippen LogP contribution in [-0.4, -0.2) is 25.5 Å². The summed E-state index contributed by atoms with van der Waals surface area (Å²) in [6.07, 6.45) is -0.338. The Bertz CT molecular complexity index is 1040. The summed E-state index contributed by atoms with van der Waals surface area (Å²) >= 11 is 6.02. The second-order valence-electron chi connectivity index (χ2n) is 7.90. The first-order valence-electron chi connectivity index (χ1n) is 8.82. The highest BCUT2D eigenvalue weighted by atomic mass is 35.5. The van der Waals surface area contributed by atoms with Gasteiger partial charge in [0, 0.05) is 11.1 Å². The van der Waals surface area contributed by atoms with Crippen LogP contribution in [0.15, 0.2) is 36.4 Å². The number of imidazole rings is 1. The minimum Gasteiger partial charge on any atom is -0.385 e. The molecule has 2 N–H and O–H groups in total. The van der Waals surface area contributed by atoms with E-state index in [0.29, 0.717) is 16.3 Å². The fourth-order valence-electron chi connectivity index (χ4n) is 3.13. The van der Waals surface area contributed by atoms with Gasteiger partial charge in [0.25, 0.3) is 0 Å². The standard InChI is InChI=1S/C20H22ClFN4O2/c1-19(2,3)26-17-14(9-10-15(21)24-17)23-18(26)25-16(27)11-20(4,28)12-7-5-6-8-13(12)22/h5-10,28H,11H2,1-4H3,(H,23,25,27)/t20-/m0/s1. The van der Waals surface area contributed by atoms with Crippen LogP contribution in [0.4, 0.5) is 10.3 Å². The molecule has 28 heavy (non-hydrogen) atoms. The van der Waals surface area contributed by atoms with E-state index in [1.807, 2.05) is 20.8 Å². The van der Waals surface area contributed by atoms with Gasteiger partial charge in [-0.3, -0.25) is 14.7 Å². The monoisotopic (exact) mass is 404 g/mol. The molecule has 1 amide bonds. The first-order valence-corrected chi connectivity index (χ1v) is 9.19. The van der Waals surface area contributed by atoms with Crippen LogP contribution in [-0.2, 0) is 15.9 Å². The van der Waals surface area contributed by atoms with Crippen molar-refractivity contribution in [2.75, 3.05) is 5.32 Å².